The third-order valence-corrected chi connectivity index (χ3v) is 8.73. The van der Waals surface area contributed by atoms with Crippen molar-refractivity contribution < 1.29 is 33.6 Å². The first-order chi connectivity index (χ1) is 23.2. The first-order valence-electron chi connectivity index (χ1n) is 16.7. The fourth-order valence-corrected chi connectivity index (χ4v) is 6.00. The number of benzene rings is 3. The zero-order valence-corrected chi connectivity index (χ0v) is 28.3. The van der Waals surface area contributed by atoms with Gasteiger partial charge >= 0.3 is 6.03 Å². The van der Waals surface area contributed by atoms with E-state index in [0.29, 0.717) is 53.9 Å². The van der Waals surface area contributed by atoms with Crippen molar-refractivity contribution in [1.29, 1.82) is 0 Å². The number of fused-ring (bicyclic) bond motifs is 2. The van der Waals surface area contributed by atoms with E-state index < -0.39 is 12.1 Å². The molecule has 3 N–H and O–H groups in total. The summed E-state index contributed by atoms with van der Waals surface area (Å²) in [5.74, 6) is 1.27. The number of nitrogens with one attached hydrogen (secondary N) is 2. The molecule has 48 heavy (non-hydrogen) atoms. The van der Waals surface area contributed by atoms with Crippen LogP contribution in [0.3, 0.4) is 0 Å². The Balaban J connectivity index is 1.36. The molecule has 0 saturated heterocycles. The van der Waals surface area contributed by atoms with Gasteiger partial charge in [-0.1, -0.05) is 37.3 Å². The molecule has 3 amide bonds. The Morgan fingerprint density at radius 3 is 2.44 bits per heavy atom. The summed E-state index contributed by atoms with van der Waals surface area (Å²) in [5, 5.41) is 15.9. The second-order valence-electron chi connectivity index (χ2n) is 12.8. The number of carbonyl (C=O) groups is 2. The highest BCUT2D eigenvalue weighted by atomic mass is 16.7. The van der Waals surface area contributed by atoms with Crippen LogP contribution < -0.4 is 24.8 Å². The maximum absolute atomic E-state index is 14.4. The third-order valence-electron chi connectivity index (χ3n) is 8.73. The Hall–Kier alpha value is -4.32. The summed E-state index contributed by atoms with van der Waals surface area (Å²) in [4.78, 5) is 31.3. The van der Waals surface area contributed by atoms with E-state index in [0.717, 1.165) is 25.8 Å². The van der Waals surface area contributed by atoms with Crippen molar-refractivity contribution in [3.63, 3.8) is 0 Å². The molecule has 2 aliphatic rings. The summed E-state index contributed by atoms with van der Waals surface area (Å²) in [6.07, 6.45) is 2.31. The minimum absolute atomic E-state index is 0.0406. The van der Waals surface area contributed by atoms with Crippen molar-refractivity contribution in [2.45, 2.75) is 64.8 Å². The van der Waals surface area contributed by atoms with Crippen molar-refractivity contribution in [2.75, 3.05) is 50.8 Å². The minimum atomic E-state index is -0.481. The molecule has 258 valence electrons. The zero-order chi connectivity index (χ0) is 34.0. The van der Waals surface area contributed by atoms with Gasteiger partial charge in [-0.05, 0) is 76.1 Å². The predicted molar refractivity (Wildman–Crippen MR) is 185 cm³/mol. The number of aliphatic hydroxyl groups excluding tert-OH is 1. The third kappa shape index (κ3) is 9.40. The van der Waals surface area contributed by atoms with Crippen molar-refractivity contribution >= 4 is 23.3 Å². The lowest BCUT2D eigenvalue weighted by Crippen LogP contribution is -2.47. The molecule has 0 bridgehead atoms. The molecule has 4 atom stereocenters. The molecule has 11 heteroatoms. The monoisotopic (exact) mass is 660 g/mol. The van der Waals surface area contributed by atoms with Crippen LogP contribution in [0.4, 0.5) is 16.2 Å². The summed E-state index contributed by atoms with van der Waals surface area (Å²) in [7, 11) is 2.08. The number of rotatable bonds is 8. The van der Waals surface area contributed by atoms with Gasteiger partial charge < -0.3 is 39.6 Å². The Bertz CT molecular complexity index is 1520. The van der Waals surface area contributed by atoms with Crippen LogP contribution >= 0.6 is 0 Å². The number of anilines is 2. The van der Waals surface area contributed by atoms with E-state index in [1.54, 1.807) is 41.3 Å². The molecular formula is C37H48N4O7. The van der Waals surface area contributed by atoms with Gasteiger partial charge in [0.05, 0.1) is 30.4 Å². The van der Waals surface area contributed by atoms with Gasteiger partial charge in [-0.2, -0.15) is 0 Å². The summed E-state index contributed by atoms with van der Waals surface area (Å²) < 4.78 is 23.6. The van der Waals surface area contributed by atoms with E-state index in [1.807, 2.05) is 32.0 Å². The molecule has 0 aliphatic carbocycles. The van der Waals surface area contributed by atoms with Gasteiger partial charge in [0.15, 0.2) is 11.5 Å². The summed E-state index contributed by atoms with van der Waals surface area (Å²) in [6, 6.07) is 19.6. The van der Waals surface area contributed by atoms with Crippen LogP contribution in [0.5, 0.6) is 17.2 Å². The molecule has 0 unspecified atom stereocenters. The lowest BCUT2D eigenvalue weighted by Gasteiger charge is -2.36. The molecule has 2 aliphatic heterocycles. The van der Waals surface area contributed by atoms with Gasteiger partial charge in [0.25, 0.3) is 5.91 Å². The molecule has 5 rings (SSSR count). The largest absolute Gasteiger partial charge is 0.490 e. The number of ether oxygens (including phenoxy) is 4. The van der Waals surface area contributed by atoms with Crippen LogP contribution in [0.15, 0.2) is 66.7 Å². The second-order valence-corrected chi connectivity index (χ2v) is 12.8. The van der Waals surface area contributed by atoms with Gasteiger partial charge in [-0.25, -0.2) is 4.79 Å². The Morgan fingerprint density at radius 2 is 1.69 bits per heavy atom. The first kappa shape index (κ1) is 35.0. The predicted octanol–water partition coefficient (Wildman–Crippen LogP) is 5.99. The maximum Gasteiger partial charge on any atom is 0.323 e. The van der Waals surface area contributed by atoms with Crippen LogP contribution in [0, 0.1) is 5.92 Å². The number of amides is 3. The zero-order valence-electron chi connectivity index (χ0n) is 28.3. The molecule has 0 spiro atoms. The lowest BCUT2D eigenvalue weighted by molar-refractivity contribution is -0.0177. The maximum atomic E-state index is 14.4. The van der Waals surface area contributed by atoms with Crippen molar-refractivity contribution in [3.05, 3.63) is 77.9 Å². The van der Waals surface area contributed by atoms with Crippen molar-refractivity contribution in [3.8, 4) is 17.2 Å². The summed E-state index contributed by atoms with van der Waals surface area (Å²) >= 11 is 0. The Labute approximate surface area is 283 Å². The molecular weight excluding hydrogens is 612 g/mol. The average Bonchev–Trinajstić information content (AvgIpc) is 3.54. The lowest BCUT2D eigenvalue weighted by atomic mass is 10.0. The van der Waals surface area contributed by atoms with E-state index in [4.69, 9.17) is 18.9 Å². The number of nitrogens with zero attached hydrogens (tertiary/aromatic N) is 2. The molecule has 3 aromatic rings. The number of carbonyl (C=O) groups excluding carboxylic acids is 2. The Morgan fingerprint density at radius 1 is 0.979 bits per heavy atom. The van der Waals surface area contributed by atoms with E-state index in [1.165, 1.54) is 5.56 Å². The van der Waals surface area contributed by atoms with Crippen LogP contribution in [-0.4, -0.2) is 85.2 Å². The molecule has 2 heterocycles. The van der Waals surface area contributed by atoms with E-state index in [-0.39, 0.29) is 37.4 Å². The van der Waals surface area contributed by atoms with Gasteiger partial charge in [0.1, 0.15) is 5.75 Å². The van der Waals surface area contributed by atoms with Gasteiger partial charge in [0.2, 0.25) is 6.79 Å². The standard InChI is InChI=1S/C37H48N4O7/c1-25-20-41(26(2)23-42)36(43)31-18-29(38-37(44)39-30-14-16-33-34(19-30)47-24-46-33)13-15-32(31)48-27(3)10-8-9-17-45-35(25)22-40(4)21-28-11-6-5-7-12-28/h5-7,11-16,18-19,25-27,35,42H,8-10,17,20-24H2,1-4H3,(H2,38,39,44)/t25-,26-,27+,35-/m1/s1. The normalized spacial score (nSPS) is 20.8. The molecule has 0 aromatic heterocycles. The Kier molecular flexibility index (Phi) is 12.2. The number of hydrogen-bond donors (Lipinski definition) is 3. The SMILES string of the molecule is C[C@@H]1CN([C@H](C)CO)C(=O)c2cc(NC(=O)Nc3ccc4c(c3)OCO4)ccc2O[C@@H](C)CCCCO[C@@H]1CN(C)Cc1ccccc1. The van der Waals surface area contributed by atoms with Crippen LogP contribution in [-0.2, 0) is 11.3 Å². The molecule has 0 saturated carbocycles. The first-order valence-corrected chi connectivity index (χ1v) is 16.7. The fourth-order valence-electron chi connectivity index (χ4n) is 6.00. The molecule has 3 aromatic carbocycles. The number of likely N-dealkylation sites (N-methyl/N-ethyl adjacent to an activating group) is 1. The van der Waals surface area contributed by atoms with E-state index >= 15 is 0 Å². The van der Waals surface area contributed by atoms with Crippen LogP contribution in [0.2, 0.25) is 0 Å². The van der Waals surface area contributed by atoms with Gasteiger partial charge in [-0.15, -0.1) is 0 Å². The van der Waals surface area contributed by atoms with Crippen molar-refractivity contribution in [2.24, 2.45) is 5.92 Å². The molecule has 0 radical (unpaired) electrons. The molecule has 11 nitrogen and oxygen atoms in total. The number of aliphatic hydroxyl groups is 1. The average molecular weight is 661 g/mol. The topological polar surface area (TPSA) is 122 Å². The van der Waals surface area contributed by atoms with Crippen LogP contribution in [0.25, 0.3) is 0 Å². The van der Waals surface area contributed by atoms with Crippen molar-refractivity contribution in [1.82, 2.24) is 9.80 Å². The molecule has 0 fully saturated rings. The van der Waals surface area contributed by atoms with Crippen LogP contribution in [0.1, 0.15) is 56.0 Å². The number of hydrogen-bond acceptors (Lipinski definition) is 8. The fraction of sp³-hybridized carbons (Fsp3) is 0.459. The highest BCUT2D eigenvalue weighted by Crippen LogP contribution is 2.34. The highest BCUT2D eigenvalue weighted by molar-refractivity contribution is 6.02. The summed E-state index contributed by atoms with van der Waals surface area (Å²) in [6.45, 7) is 8.29. The smallest absolute Gasteiger partial charge is 0.323 e. The highest BCUT2D eigenvalue weighted by Gasteiger charge is 2.30. The van der Waals surface area contributed by atoms with Gasteiger partial charge in [-0.3, -0.25) is 9.69 Å². The second kappa shape index (κ2) is 16.7. The van der Waals surface area contributed by atoms with E-state index in [2.05, 4.69) is 41.6 Å². The van der Waals surface area contributed by atoms with E-state index in [9.17, 15) is 14.7 Å². The van der Waals surface area contributed by atoms with Gasteiger partial charge in [0, 0.05) is 49.6 Å². The number of urea groups is 1. The minimum Gasteiger partial charge on any atom is -0.490 e. The quantitative estimate of drug-likeness (QED) is 0.270. The summed E-state index contributed by atoms with van der Waals surface area (Å²) in [5.41, 5.74) is 2.49.